The minimum absolute atomic E-state index is 0.212. The van der Waals surface area contributed by atoms with E-state index in [-0.39, 0.29) is 5.91 Å². The number of carbonyl (C=O) groups excluding carboxylic acids is 2. The highest BCUT2D eigenvalue weighted by Gasteiger charge is 2.29. The van der Waals surface area contributed by atoms with Crippen LogP contribution in [0.4, 0.5) is 11.4 Å². The molecule has 36 heavy (non-hydrogen) atoms. The summed E-state index contributed by atoms with van der Waals surface area (Å²) in [6, 6.07) is 23.3. The molecular formula is C31H30N2O3. The summed E-state index contributed by atoms with van der Waals surface area (Å²) in [5.41, 5.74) is 7.54. The van der Waals surface area contributed by atoms with E-state index in [9.17, 15) is 9.59 Å². The van der Waals surface area contributed by atoms with Crippen molar-refractivity contribution in [2.75, 3.05) is 17.2 Å². The topological polar surface area (TPSA) is 67.4 Å². The fraction of sp³-hybridized carbons (Fsp3) is 0.226. The first-order valence-electron chi connectivity index (χ1n) is 12.6. The average molecular weight is 479 g/mol. The van der Waals surface area contributed by atoms with Crippen molar-refractivity contribution in [1.29, 1.82) is 0 Å². The first-order chi connectivity index (χ1) is 17.6. The lowest BCUT2D eigenvalue weighted by atomic mass is 9.93. The van der Waals surface area contributed by atoms with Crippen molar-refractivity contribution in [3.63, 3.8) is 0 Å². The van der Waals surface area contributed by atoms with E-state index in [1.54, 1.807) is 25.1 Å². The maximum atomic E-state index is 13.2. The van der Waals surface area contributed by atoms with E-state index in [2.05, 4.69) is 41.0 Å². The summed E-state index contributed by atoms with van der Waals surface area (Å²) in [6.07, 6.45) is 8.58. The summed E-state index contributed by atoms with van der Waals surface area (Å²) >= 11 is 0. The Morgan fingerprint density at radius 2 is 1.69 bits per heavy atom. The molecule has 5 heteroatoms. The second-order valence-electron chi connectivity index (χ2n) is 9.16. The van der Waals surface area contributed by atoms with E-state index in [4.69, 9.17) is 4.74 Å². The van der Waals surface area contributed by atoms with Gasteiger partial charge >= 0.3 is 5.97 Å². The fourth-order valence-electron chi connectivity index (χ4n) is 4.84. The van der Waals surface area contributed by atoms with Gasteiger partial charge in [0.15, 0.2) is 0 Å². The zero-order valence-electron chi connectivity index (χ0n) is 20.5. The minimum Gasteiger partial charge on any atom is -0.462 e. The van der Waals surface area contributed by atoms with E-state index in [0.717, 1.165) is 16.8 Å². The van der Waals surface area contributed by atoms with Gasteiger partial charge in [0.2, 0.25) is 0 Å². The molecule has 0 spiro atoms. The van der Waals surface area contributed by atoms with Crippen LogP contribution in [0.2, 0.25) is 0 Å². The van der Waals surface area contributed by atoms with Gasteiger partial charge in [0.05, 0.1) is 29.1 Å². The van der Waals surface area contributed by atoms with Gasteiger partial charge in [0.1, 0.15) is 0 Å². The van der Waals surface area contributed by atoms with Gasteiger partial charge in [0, 0.05) is 11.3 Å². The van der Waals surface area contributed by atoms with Crippen LogP contribution in [0, 0.1) is 0 Å². The molecule has 2 aliphatic rings. The van der Waals surface area contributed by atoms with Crippen LogP contribution >= 0.6 is 0 Å². The zero-order chi connectivity index (χ0) is 24.9. The van der Waals surface area contributed by atoms with Gasteiger partial charge in [0.25, 0.3) is 5.91 Å². The molecule has 5 nitrogen and oxygen atoms in total. The normalized spacial score (nSPS) is 16.1. The Morgan fingerprint density at radius 1 is 0.944 bits per heavy atom. The smallest absolute Gasteiger partial charge is 0.338 e. The summed E-state index contributed by atoms with van der Waals surface area (Å²) in [4.78, 5) is 25.4. The summed E-state index contributed by atoms with van der Waals surface area (Å²) in [7, 11) is 0. The second kappa shape index (κ2) is 10.6. The number of anilines is 2. The van der Waals surface area contributed by atoms with E-state index in [0.29, 0.717) is 29.1 Å². The lowest BCUT2D eigenvalue weighted by Gasteiger charge is -2.16. The van der Waals surface area contributed by atoms with Crippen molar-refractivity contribution < 1.29 is 14.3 Å². The molecule has 0 radical (unpaired) electrons. The van der Waals surface area contributed by atoms with E-state index >= 15 is 0 Å². The maximum Gasteiger partial charge on any atom is 0.338 e. The molecule has 1 amide bonds. The van der Waals surface area contributed by atoms with Crippen molar-refractivity contribution in [2.24, 2.45) is 0 Å². The first-order valence-corrected chi connectivity index (χ1v) is 12.6. The highest BCUT2D eigenvalue weighted by molar-refractivity contribution is 6.37. The predicted octanol–water partition coefficient (Wildman–Crippen LogP) is 7.14. The number of hydrogen-bond donors (Lipinski definition) is 2. The Kier molecular flexibility index (Phi) is 6.99. The quantitative estimate of drug-likeness (QED) is 0.292. The van der Waals surface area contributed by atoms with Crippen LogP contribution in [0.3, 0.4) is 0 Å². The van der Waals surface area contributed by atoms with E-state index in [1.807, 2.05) is 30.3 Å². The third kappa shape index (κ3) is 5.10. The Hall–Kier alpha value is -4.12. The van der Waals surface area contributed by atoms with Gasteiger partial charge < -0.3 is 15.4 Å². The van der Waals surface area contributed by atoms with Crippen LogP contribution in [-0.2, 0) is 9.53 Å². The molecule has 1 heterocycles. The summed E-state index contributed by atoms with van der Waals surface area (Å²) in [6.45, 7) is 2.07. The molecule has 3 aromatic rings. The van der Waals surface area contributed by atoms with Crippen LogP contribution in [-0.4, -0.2) is 18.5 Å². The maximum absolute atomic E-state index is 13.2. The third-order valence-electron chi connectivity index (χ3n) is 6.63. The van der Waals surface area contributed by atoms with Crippen LogP contribution in [0.5, 0.6) is 0 Å². The van der Waals surface area contributed by atoms with Gasteiger partial charge in [-0.2, -0.15) is 0 Å². The minimum atomic E-state index is -0.406. The lowest BCUT2D eigenvalue weighted by Crippen LogP contribution is -2.10. The van der Waals surface area contributed by atoms with Crippen molar-refractivity contribution in [1.82, 2.24) is 0 Å². The number of nitrogens with one attached hydrogen (secondary N) is 2. The number of benzene rings is 3. The molecule has 1 saturated carbocycles. The molecule has 3 aromatic carbocycles. The third-order valence-corrected chi connectivity index (χ3v) is 6.63. The largest absolute Gasteiger partial charge is 0.462 e. The van der Waals surface area contributed by atoms with Crippen molar-refractivity contribution >= 4 is 40.6 Å². The summed E-state index contributed by atoms with van der Waals surface area (Å²) < 4.78 is 5.11. The Morgan fingerprint density at radius 3 is 2.42 bits per heavy atom. The number of fused-ring (bicyclic) bond motifs is 1. The number of rotatable bonds is 6. The molecule has 2 N–H and O–H groups in total. The van der Waals surface area contributed by atoms with Crippen LogP contribution in [0.15, 0.2) is 78.4 Å². The average Bonchev–Trinajstić information content (AvgIpc) is 3.24. The molecular weight excluding hydrogens is 448 g/mol. The van der Waals surface area contributed by atoms with Crippen LogP contribution in [0.1, 0.15) is 66.1 Å². The number of amides is 1. The van der Waals surface area contributed by atoms with Crippen LogP contribution in [0.25, 0.3) is 17.3 Å². The second-order valence-corrected chi connectivity index (χ2v) is 9.16. The Bertz CT molecular complexity index is 1330. The fourth-order valence-corrected chi connectivity index (χ4v) is 4.84. The predicted molar refractivity (Wildman–Crippen MR) is 145 cm³/mol. The highest BCUT2D eigenvalue weighted by Crippen LogP contribution is 2.38. The van der Waals surface area contributed by atoms with Crippen molar-refractivity contribution in [3.05, 3.63) is 101 Å². The van der Waals surface area contributed by atoms with Crippen molar-refractivity contribution in [3.8, 4) is 0 Å². The highest BCUT2D eigenvalue weighted by atomic mass is 16.5. The molecule has 0 unspecified atom stereocenters. The molecule has 0 bridgehead atoms. The summed E-state index contributed by atoms with van der Waals surface area (Å²) in [5, 5.41) is 6.43. The molecule has 1 aliphatic carbocycles. The lowest BCUT2D eigenvalue weighted by molar-refractivity contribution is -0.110. The monoisotopic (exact) mass is 478 g/mol. The Labute approximate surface area is 211 Å². The van der Waals surface area contributed by atoms with E-state index < -0.39 is 5.97 Å². The zero-order valence-corrected chi connectivity index (χ0v) is 20.5. The number of esters is 1. The number of hydrogen-bond acceptors (Lipinski definition) is 4. The molecule has 5 rings (SSSR count). The number of allylic oxidation sites excluding steroid dienone is 1. The number of carbonyl (C=O) groups is 2. The van der Waals surface area contributed by atoms with Gasteiger partial charge in [-0.05, 0) is 68.0 Å². The standard InChI is InChI=1S/C31H30N2O3/c1-2-36-31(35)24-15-18-26-27(20-24)33-30(34)28(26)29(23-11-7-4-8-12-23)32-25-16-13-22(14-17-25)19-21-9-5-3-6-10-21/h4,7-8,11-20,32H,2-3,5-6,9-10H2,1H3,(H,33,34). The Balaban J connectivity index is 1.50. The SMILES string of the molecule is CCOC(=O)c1ccc2c(c1)NC(=O)C2=C(Nc1ccc(C=C2CCCCC2)cc1)c1ccccc1. The molecule has 182 valence electrons. The van der Waals surface area contributed by atoms with Gasteiger partial charge in [-0.1, -0.05) is 66.6 Å². The molecule has 0 atom stereocenters. The van der Waals surface area contributed by atoms with Gasteiger partial charge in [-0.25, -0.2) is 4.79 Å². The molecule has 1 fully saturated rings. The molecule has 0 aromatic heterocycles. The van der Waals surface area contributed by atoms with Crippen LogP contribution < -0.4 is 10.6 Å². The molecule has 1 aliphatic heterocycles. The van der Waals surface area contributed by atoms with E-state index in [1.165, 1.54) is 43.2 Å². The molecule has 0 saturated heterocycles. The van der Waals surface area contributed by atoms with Gasteiger partial charge in [-0.15, -0.1) is 0 Å². The first kappa shape index (κ1) is 23.6. The van der Waals surface area contributed by atoms with Gasteiger partial charge in [-0.3, -0.25) is 4.79 Å². The number of ether oxygens (including phenoxy) is 1. The summed E-state index contributed by atoms with van der Waals surface area (Å²) in [5.74, 6) is -0.618. The van der Waals surface area contributed by atoms with Crippen molar-refractivity contribution in [2.45, 2.75) is 39.0 Å².